The summed E-state index contributed by atoms with van der Waals surface area (Å²) in [6.07, 6.45) is 0. The number of fused-ring (bicyclic) bond motifs is 1. The molecular weight excluding hydrogens is 554 g/mol. The third-order valence-corrected chi connectivity index (χ3v) is 7.32. The van der Waals surface area contributed by atoms with Gasteiger partial charge in [0.05, 0.1) is 16.7 Å². The second kappa shape index (κ2) is 12.7. The Morgan fingerprint density at radius 3 is 1.79 bits per heavy atom. The van der Waals surface area contributed by atoms with E-state index in [1.807, 2.05) is 39.8 Å². The molecule has 2 N–H and O–H groups in total. The fourth-order valence-corrected chi connectivity index (χ4v) is 4.46. The summed E-state index contributed by atoms with van der Waals surface area (Å²) in [5.74, 6) is -4.53. The zero-order valence-electron chi connectivity index (χ0n) is 24.4. The fourth-order valence-electron chi connectivity index (χ4n) is 4.46. The van der Waals surface area contributed by atoms with Crippen LogP contribution in [0.2, 0.25) is 0 Å². The molecule has 11 heteroatoms. The van der Waals surface area contributed by atoms with E-state index in [1.165, 1.54) is 25.1 Å². The molecule has 1 aliphatic heterocycles. The van der Waals surface area contributed by atoms with Crippen LogP contribution in [-0.2, 0) is 23.9 Å². The molecule has 1 atom stereocenters. The van der Waals surface area contributed by atoms with E-state index < -0.39 is 54.8 Å². The topological polar surface area (TPSA) is 148 Å². The molecule has 0 aliphatic carbocycles. The van der Waals surface area contributed by atoms with Crippen LogP contribution in [0.1, 0.15) is 60.3 Å². The van der Waals surface area contributed by atoms with Crippen LogP contribution in [0.25, 0.3) is 0 Å². The lowest BCUT2D eigenvalue weighted by atomic mass is 10.1. The predicted molar refractivity (Wildman–Crippen MR) is 157 cm³/mol. The molecule has 4 amide bonds. The summed E-state index contributed by atoms with van der Waals surface area (Å²) in [7, 11) is 0. The molecule has 3 aromatic rings. The number of imide groups is 1. The first-order valence-corrected chi connectivity index (χ1v) is 13.5. The van der Waals surface area contributed by atoms with E-state index in [0.29, 0.717) is 16.3 Å². The van der Waals surface area contributed by atoms with E-state index in [0.717, 1.165) is 22.3 Å². The number of nitrogens with zero attached hydrogens (tertiary/aromatic N) is 1. The molecule has 0 aromatic heterocycles. The Morgan fingerprint density at radius 1 is 0.721 bits per heavy atom. The number of rotatable bonds is 9. The Hall–Kier alpha value is -5.32. The summed E-state index contributed by atoms with van der Waals surface area (Å²) in [5, 5.41) is 5.35. The van der Waals surface area contributed by atoms with Crippen LogP contribution < -0.4 is 10.6 Å². The van der Waals surface area contributed by atoms with Gasteiger partial charge in [-0.3, -0.25) is 24.1 Å². The van der Waals surface area contributed by atoms with E-state index in [9.17, 15) is 28.8 Å². The summed E-state index contributed by atoms with van der Waals surface area (Å²) in [5.41, 5.74) is 4.71. The van der Waals surface area contributed by atoms with Gasteiger partial charge in [0.1, 0.15) is 6.04 Å². The van der Waals surface area contributed by atoms with Gasteiger partial charge in [-0.15, -0.1) is 0 Å². The van der Waals surface area contributed by atoms with Crippen LogP contribution in [-0.4, -0.2) is 59.7 Å². The number of hydrogen-bond donors (Lipinski definition) is 2. The zero-order valence-corrected chi connectivity index (χ0v) is 24.4. The maximum Gasteiger partial charge on any atom is 0.338 e. The lowest BCUT2D eigenvalue weighted by Gasteiger charge is -2.20. The third-order valence-electron chi connectivity index (χ3n) is 7.32. The van der Waals surface area contributed by atoms with Crippen LogP contribution in [0.5, 0.6) is 0 Å². The number of carbonyl (C=O) groups is 6. The Bertz CT molecular complexity index is 1660. The van der Waals surface area contributed by atoms with Gasteiger partial charge in [-0.05, 0) is 87.2 Å². The van der Waals surface area contributed by atoms with Gasteiger partial charge in [-0.2, -0.15) is 0 Å². The van der Waals surface area contributed by atoms with Gasteiger partial charge in [0.25, 0.3) is 23.6 Å². The van der Waals surface area contributed by atoms with E-state index in [-0.39, 0.29) is 16.7 Å². The first kappa shape index (κ1) is 30.6. The Balaban J connectivity index is 1.34. The monoisotopic (exact) mass is 585 g/mol. The van der Waals surface area contributed by atoms with Crippen molar-refractivity contribution in [3.05, 3.63) is 93.5 Å². The Morgan fingerprint density at radius 2 is 1.23 bits per heavy atom. The van der Waals surface area contributed by atoms with Crippen molar-refractivity contribution >= 4 is 46.9 Å². The Labute approximate surface area is 248 Å². The molecule has 0 spiro atoms. The molecule has 0 unspecified atom stereocenters. The number of nitrogens with one attached hydrogen (secondary N) is 2. The summed E-state index contributed by atoms with van der Waals surface area (Å²) in [4.78, 5) is 76.8. The molecule has 0 bridgehead atoms. The number of carbonyl (C=O) groups excluding carboxylic acids is 6. The predicted octanol–water partition coefficient (Wildman–Crippen LogP) is 3.88. The molecule has 1 aliphatic rings. The van der Waals surface area contributed by atoms with Crippen molar-refractivity contribution in [1.82, 2.24) is 4.90 Å². The second-order valence-corrected chi connectivity index (χ2v) is 10.2. The highest BCUT2D eigenvalue weighted by Crippen LogP contribution is 2.27. The highest BCUT2D eigenvalue weighted by Gasteiger charge is 2.42. The molecule has 222 valence electrons. The molecule has 0 saturated heterocycles. The number of aryl methyl sites for hydroxylation is 2. The van der Waals surface area contributed by atoms with E-state index in [4.69, 9.17) is 9.47 Å². The fraction of sp³-hybridized carbons (Fsp3) is 0.250. The number of amides is 4. The van der Waals surface area contributed by atoms with Crippen molar-refractivity contribution in [3.8, 4) is 0 Å². The number of ether oxygens (including phenoxy) is 2. The lowest BCUT2D eigenvalue weighted by Crippen LogP contribution is -2.44. The number of benzene rings is 3. The average molecular weight is 586 g/mol. The minimum Gasteiger partial charge on any atom is -0.454 e. The molecule has 0 fully saturated rings. The van der Waals surface area contributed by atoms with Crippen molar-refractivity contribution < 1.29 is 38.2 Å². The van der Waals surface area contributed by atoms with Gasteiger partial charge in [0.15, 0.2) is 13.2 Å². The van der Waals surface area contributed by atoms with Gasteiger partial charge < -0.3 is 20.1 Å². The largest absolute Gasteiger partial charge is 0.454 e. The van der Waals surface area contributed by atoms with Crippen molar-refractivity contribution in [3.63, 3.8) is 0 Å². The van der Waals surface area contributed by atoms with Gasteiger partial charge >= 0.3 is 11.9 Å². The van der Waals surface area contributed by atoms with E-state index in [2.05, 4.69) is 10.6 Å². The first-order valence-electron chi connectivity index (χ1n) is 13.5. The molecule has 11 nitrogen and oxygen atoms in total. The molecule has 0 saturated carbocycles. The van der Waals surface area contributed by atoms with Gasteiger partial charge in [-0.1, -0.05) is 24.3 Å². The second-order valence-electron chi connectivity index (χ2n) is 10.2. The average Bonchev–Trinajstić information content (AvgIpc) is 3.23. The van der Waals surface area contributed by atoms with Gasteiger partial charge in [0.2, 0.25) is 0 Å². The standard InChI is InChI=1S/C32H31N3O8/c1-17-8-6-10-25(19(17)3)33-27(36)15-42-31(40)21(5)35-29(38)23-13-12-22(14-24(23)30(35)39)32(41)43-16-28(37)34-26-11-7-9-18(2)20(26)4/h6-14,21H,15-16H2,1-5H3,(H,33,36)(H,34,37)/t21-/m0/s1. The summed E-state index contributed by atoms with van der Waals surface area (Å²) >= 11 is 0. The Kier molecular flexibility index (Phi) is 9.03. The summed E-state index contributed by atoms with van der Waals surface area (Å²) in [6.45, 7) is 7.62. The highest BCUT2D eigenvalue weighted by molar-refractivity contribution is 6.23. The SMILES string of the molecule is Cc1cccc(NC(=O)COC(=O)c2ccc3c(c2)C(=O)N([C@@H](C)C(=O)OCC(=O)Nc2cccc(C)c2C)C3=O)c1C. The summed E-state index contributed by atoms with van der Waals surface area (Å²) < 4.78 is 10.2. The number of anilines is 2. The smallest absolute Gasteiger partial charge is 0.338 e. The lowest BCUT2D eigenvalue weighted by molar-refractivity contribution is -0.150. The highest BCUT2D eigenvalue weighted by atomic mass is 16.5. The summed E-state index contributed by atoms with van der Waals surface area (Å²) in [6, 6.07) is 13.2. The maximum absolute atomic E-state index is 13.1. The van der Waals surface area contributed by atoms with Crippen molar-refractivity contribution in [2.24, 2.45) is 0 Å². The van der Waals surface area contributed by atoms with Crippen molar-refractivity contribution in [2.75, 3.05) is 23.8 Å². The number of esters is 2. The van der Waals surface area contributed by atoms with E-state index in [1.54, 1.807) is 24.3 Å². The molecule has 0 radical (unpaired) electrons. The van der Waals surface area contributed by atoms with Crippen LogP contribution in [0.4, 0.5) is 11.4 Å². The minimum atomic E-state index is -1.34. The van der Waals surface area contributed by atoms with E-state index >= 15 is 0 Å². The first-order chi connectivity index (χ1) is 20.4. The van der Waals surface area contributed by atoms with Crippen LogP contribution in [0.15, 0.2) is 54.6 Å². The third kappa shape index (κ3) is 6.61. The minimum absolute atomic E-state index is 0.0125. The molecular formula is C32H31N3O8. The normalized spacial score (nSPS) is 12.8. The molecule has 3 aromatic carbocycles. The molecule has 4 rings (SSSR count). The van der Waals surface area contributed by atoms with Crippen LogP contribution >= 0.6 is 0 Å². The zero-order chi connectivity index (χ0) is 31.4. The van der Waals surface area contributed by atoms with Crippen molar-refractivity contribution in [1.29, 1.82) is 0 Å². The van der Waals surface area contributed by atoms with Crippen LogP contribution in [0.3, 0.4) is 0 Å². The van der Waals surface area contributed by atoms with Gasteiger partial charge in [0, 0.05) is 11.4 Å². The van der Waals surface area contributed by atoms with Gasteiger partial charge in [-0.25, -0.2) is 9.59 Å². The maximum atomic E-state index is 13.1. The quantitative estimate of drug-likeness (QED) is 0.284. The molecule has 1 heterocycles. The van der Waals surface area contributed by atoms with Crippen LogP contribution in [0, 0.1) is 27.7 Å². The number of hydrogen-bond acceptors (Lipinski definition) is 8. The van der Waals surface area contributed by atoms with Crippen molar-refractivity contribution in [2.45, 2.75) is 40.7 Å². The molecule has 43 heavy (non-hydrogen) atoms.